The maximum atomic E-state index is 9.10. The summed E-state index contributed by atoms with van der Waals surface area (Å²) in [6.07, 6.45) is 3.66. The molecule has 0 saturated heterocycles. The van der Waals surface area contributed by atoms with E-state index in [0.29, 0.717) is 23.9 Å². The summed E-state index contributed by atoms with van der Waals surface area (Å²) in [6, 6.07) is 9.46. The van der Waals surface area contributed by atoms with Gasteiger partial charge in [0.05, 0.1) is 33.6 Å². The first-order valence-electron chi connectivity index (χ1n) is 8.52. The first-order chi connectivity index (χ1) is 13.5. The average molecular weight is 395 g/mol. The highest BCUT2D eigenvalue weighted by Crippen LogP contribution is 2.36. The second kappa shape index (κ2) is 13.0. The Bertz CT molecular complexity index is 680. The Morgan fingerprint density at radius 2 is 1.64 bits per heavy atom. The Morgan fingerprint density at radius 3 is 2.14 bits per heavy atom. The van der Waals surface area contributed by atoms with Gasteiger partial charge >= 0.3 is 11.9 Å². The van der Waals surface area contributed by atoms with E-state index in [4.69, 9.17) is 38.4 Å². The van der Waals surface area contributed by atoms with E-state index in [0.717, 1.165) is 31.7 Å². The van der Waals surface area contributed by atoms with Gasteiger partial charge in [0.15, 0.2) is 11.5 Å². The lowest BCUT2D eigenvalue weighted by Crippen LogP contribution is -2.15. The van der Waals surface area contributed by atoms with Crippen molar-refractivity contribution in [3.05, 3.63) is 42.4 Å². The minimum atomic E-state index is -1.82. The Kier molecular flexibility index (Phi) is 10.6. The smallest absolute Gasteiger partial charge is 0.414 e. The number of aliphatic carboxylic acids is 2. The fourth-order valence-corrected chi connectivity index (χ4v) is 2.11. The number of furan rings is 1. The van der Waals surface area contributed by atoms with Crippen molar-refractivity contribution in [1.82, 2.24) is 5.32 Å². The van der Waals surface area contributed by atoms with Crippen LogP contribution in [-0.2, 0) is 16.1 Å². The molecule has 0 bridgehead atoms. The number of hydrogen-bond acceptors (Lipinski definition) is 7. The number of ether oxygens (including phenoxy) is 3. The highest BCUT2D eigenvalue weighted by atomic mass is 16.5. The molecule has 3 N–H and O–H groups in total. The van der Waals surface area contributed by atoms with Gasteiger partial charge in [-0.3, -0.25) is 0 Å². The maximum absolute atomic E-state index is 9.10. The zero-order valence-electron chi connectivity index (χ0n) is 15.8. The molecule has 28 heavy (non-hydrogen) atoms. The van der Waals surface area contributed by atoms with Crippen molar-refractivity contribution in [2.24, 2.45) is 0 Å². The van der Waals surface area contributed by atoms with Gasteiger partial charge in [-0.25, -0.2) is 9.59 Å². The first kappa shape index (κ1) is 22.8. The van der Waals surface area contributed by atoms with Crippen molar-refractivity contribution in [1.29, 1.82) is 0 Å². The van der Waals surface area contributed by atoms with Crippen LogP contribution in [0.4, 0.5) is 0 Å². The maximum Gasteiger partial charge on any atom is 0.414 e. The van der Waals surface area contributed by atoms with Crippen molar-refractivity contribution in [3.63, 3.8) is 0 Å². The third kappa shape index (κ3) is 8.45. The zero-order chi connectivity index (χ0) is 20.8. The summed E-state index contributed by atoms with van der Waals surface area (Å²) in [5.41, 5.74) is 0. The standard InChI is InChI=1S/C17H23NO4.C2H2O4/c1-19-15-8-5-9-16(20-2)17(15)22-11-4-3-10-18-13-14-7-6-12-21-14;3-1(4)2(5)6/h5-9,12,18H,3-4,10-11,13H2,1-2H3;(H,3,4)(H,5,6). The minimum Gasteiger partial charge on any atom is -0.493 e. The lowest BCUT2D eigenvalue weighted by atomic mass is 10.3. The van der Waals surface area contributed by atoms with Gasteiger partial charge in [0.2, 0.25) is 5.75 Å². The SMILES string of the molecule is COc1cccc(OC)c1OCCCCNCc1ccco1.O=C(O)C(=O)O. The largest absolute Gasteiger partial charge is 0.493 e. The Labute approximate surface area is 162 Å². The summed E-state index contributed by atoms with van der Waals surface area (Å²) in [5, 5.41) is 18.1. The number of para-hydroxylation sites is 1. The van der Waals surface area contributed by atoms with Crippen molar-refractivity contribution >= 4 is 11.9 Å². The lowest BCUT2D eigenvalue weighted by Gasteiger charge is -2.14. The highest BCUT2D eigenvalue weighted by molar-refractivity contribution is 6.27. The number of hydrogen-bond donors (Lipinski definition) is 3. The molecule has 1 heterocycles. The van der Waals surface area contributed by atoms with E-state index in [1.54, 1.807) is 20.5 Å². The fraction of sp³-hybridized carbons (Fsp3) is 0.368. The summed E-state index contributed by atoms with van der Waals surface area (Å²) in [7, 11) is 3.25. The number of unbranched alkanes of at least 4 members (excludes halogenated alkanes) is 1. The molecule has 9 nitrogen and oxygen atoms in total. The molecule has 0 aliphatic heterocycles. The number of carboxylic acid groups (broad SMARTS) is 2. The number of carboxylic acids is 2. The van der Waals surface area contributed by atoms with Crippen molar-refractivity contribution < 1.29 is 38.4 Å². The van der Waals surface area contributed by atoms with Crippen LogP contribution >= 0.6 is 0 Å². The molecule has 0 amide bonds. The fourth-order valence-electron chi connectivity index (χ4n) is 2.11. The quantitative estimate of drug-likeness (QED) is 0.410. The lowest BCUT2D eigenvalue weighted by molar-refractivity contribution is -0.159. The van der Waals surface area contributed by atoms with Gasteiger partial charge in [-0.1, -0.05) is 6.07 Å². The van der Waals surface area contributed by atoms with Crippen LogP contribution < -0.4 is 19.5 Å². The van der Waals surface area contributed by atoms with E-state index >= 15 is 0 Å². The Morgan fingerprint density at radius 1 is 1.00 bits per heavy atom. The first-order valence-corrected chi connectivity index (χ1v) is 8.52. The molecule has 0 unspecified atom stereocenters. The van der Waals surface area contributed by atoms with Crippen LogP contribution in [0, 0.1) is 0 Å². The van der Waals surface area contributed by atoms with Crippen LogP contribution in [0.15, 0.2) is 41.0 Å². The molecular weight excluding hydrogens is 370 g/mol. The van der Waals surface area contributed by atoms with Crippen LogP contribution in [0.1, 0.15) is 18.6 Å². The molecule has 2 aromatic rings. The monoisotopic (exact) mass is 395 g/mol. The molecule has 0 radical (unpaired) electrons. The minimum absolute atomic E-state index is 0.624. The third-order valence-corrected chi connectivity index (χ3v) is 3.44. The van der Waals surface area contributed by atoms with Gasteiger partial charge in [-0.2, -0.15) is 0 Å². The van der Waals surface area contributed by atoms with Gasteiger partial charge < -0.3 is 34.2 Å². The predicted molar refractivity (Wildman–Crippen MR) is 100.0 cm³/mol. The predicted octanol–water partition coefficient (Wildman–Crippen LogP) is 2.40. The number of rotatable bonds is 10. The molecule has 2 rings (SSSR count). The molecule has 1 aromatic heterocycles. The summed E-state index contributed by atoms with van der Waals surface area (Å²) in [6.45, 7) is 2.31. The van der Waals surface area contributed by atoms with E-state index in [1.807, 2.05) is 30.3 Å². The van der Waals surface area contributed by atoms with E-state index in [9.17, 15) is 0 Å². The summed E-state index contributed by atoms with van der Waals surface area (Å²) >= 11 is 0. The van der Waals surface area contributed by atoms with Gasteiger partial charge in [0.25, 0.3) is 0 Å². The van der Waals surface area contributed by atoms with E-state index in [2.05, 4.69) is 5.32 Å². The molecule has 0 aliphatic rings. The normalized spacial score (nSPS) is 9.79. The van der Waals surface area contributed by atoms with Gasteiger partial charge in [-0.05, 0) is 43.7 Å². The second-order valence-corrected chi connectivity index (χ2v) is 5.41. The number of methoxy groups -OCH3 is 2. The summed E-state index contributed by atoms with van der Waals surface area (Å²) in [5.74, 6) is -0.651. The van der Waals surface area contributed by atoms with Gasteiger partial charge in [-0.15, -0.1) is 0 Å². The molecule has 0 atom stereocenters. The molecular formula is C19H25NO8. The molecule has 0 spiro atoms. The number of nitrogens with one attached hydrogen (secondary N) is 1. The zero-order valence-corrected chi connectivity index (χ0v) is 15.8. The summed E-state index contributed by atoms with van der Waals surface area (Å²) in [4.78, 5) is 18.2. The van der Waals surface area contributed by atoms with E-state index in [1.165, 1.54) is 0 Å². The summed E-state index contributed by atoms with van der Waals surface area (Å²) < 4.78 is 21.7. The third-order valence-electron chi connectivity index (χ3n) is 3.44. The van der Waals surface area contributed by atoms with Crippen LogP contribution in [0.2, 0.25) is 0 Å². The number of benzene rings is 1. The van der Waals surface area contributed by atoms with Crippen molar-refractivity contribution in [2.45, 2.75) is 19.4 Å². The number of carbonyl (C=O) groups is 2. The molecule has 0 fully saturated rings. The van der Waals surface area contributed by atoms with Gasteiger partial charge in [0, 0.05) is 0 Å². The van der Waals surface area contributed by atoms with Crippen LogP contribution in [0.25, 0.3) is 0 Å². The van der Waals surface area contributed by atoms with Crippen molar-refractivity contribution in [2.75, 3.05) is 27.4 Å². The van der Waals surface area contributed by atoms with Crippen LogP contribution in [0.5, 0.6) is 17.2 Å². The average Bonchev–Trinajstić information content (AvgIpc) is 3.21. The molecule has 9 heteroatoms. The van der Waals surface area contributed by atoms with E-state index < -0.39 is 11.9 Å². The van der Waals surface area contributed by atoms with Crippen molar-refractivity contribution in [3.8, 4) is 17.2 Å². The Balaban J connectivity index is 0.000000568. The molecule has 1 aromatic carbocycles. The van der Waals surface area contributed by atoms with Crippen LogP contribution in [-0.4, -0.2) is 49.5 Å². The van der Waals surface area contributed by atoms with E-state index in [-0.39, 0.29) is 0 Å². The molecule has 0 saturated carbocycles. The molecule has 154 valence electrons. The molecule has 0 aliphatic carbocycles. The van der Waals surface area contributed by atoms with Gasteiger partial charge in [0.1, 0.15) is 5.76 Å². The van der Waals surface area contributed by atoms with Crippen LogP contribution in [0.3, 0.4) is 0 Å². The Hall–Kier alpha value is -3.20. The topological polar surface area (TPSA) is 127 Å². The second-order valence-electron chi connectivity index (χ2n) is 5.41. The highest BCUT2D eigenvalue weighted by Gasteiger charge is 2.10.